The lowest BCUT2D eigenvalue weighted by Crippen LogP contribution is -2.51. The van der Waals surface area contributed by atoms with E-state index in [-0.39, 0.29) is 17.7 Å². The average Bonchev–Trinajstić information content (AvgIpc) is 3.31. The van der Waals surface area contributed by atoms with E-state index in [0.717, 1.165) is 22.9 Å². The van der Waals surface area contributed by atoms with Gasteiger partial charge in [-0.25, -0.2) is 0 Å². The minimum Gasteiger partial charge on any atom is -0.339 e. The topological polar surface area (TPSA) is 40.6 Å². The van der Waals surface area contributed by atoms with Gasteiger partial charge in [0, 0.05) is 36.6 Å². The summed E-state index contributed by atoms with van der Waals surface area (Å²) in [5.74, 6) is 0.581. The van der Waals surface area contributed by atoms with E-state index in [0.29, 0.717) is 31.7 Å². The highest BCUT2D eigenvalue weighted by molar-refractivity contribution is 9.10. The molecule has 0 spiro atoms. The number of carbonyl (C=O) groups excluding carboxylic acids is 2. The van der Waals surface area contributed by atoms with Crippen molar-refractivity contribution in [2.24, 2.45) is 5.92 Å². The zero-order valence-corrected chi connectivity index (χ0v) is 13.7. The lowest BCUT2D eigenvalue weighted by Gasteiger charge is -2.35. The number of carbonyl (C=O) groups is 2. The third kappa shape index (κ3) is 3.12. The Morgan fingerprint density at radius 3 is 2.29 bits per heavy atom. The summed E-state index contributed by atoms with van der Waals surface area (Å²) >= 11 is 3.46. The van der Waals surface area contributed by atoms with Gasteiger partial charge in [0.2, 0.25) is 5.91 Å². The molecule has 0 radical (unpaired) electrons. The maximum absolute atomic E-state index is 12.5. The van der Waals surface area contributed by atoms with Gasteiger partial charge in [-0.15, -0.1) is 0 Å². The Labute approximate surface area is 133 Å². The first kappa shape index (κ1) is 14.6. The molecule has 0 unspecified atom stereocenters. The highest BCUT2D eigenvalue weighted by atomic mass is 79.9. The Balaban J connectivity index is 1.63. The number of amides is 2. The molecule has 4 nitrogen and oxygen atoms in total. The molecule has 1 saturated heterocycles. The molecule has 21 heavy (non-hydrogen) atoms. The van der Waals surface area contributed by atoms with Crippen LogP contribution in [0.2, 0.25) is 0 Å². The lowest BCUT2D eigenvalue weighted by molar-refractivity contribution is -0.134. The minimum absolute atomic E-state index is 0.0420. The summed E-state index contributed by atoms with van der Waals surface area (Å²) in [7, 11) is 0. The Hall–Kier alpha value is -1.36. The number of benzene rings is 1. The summed E-state index contributed by atoms with van der Waals surface area (Å²) in [5, 5.41) is 0. The number of rotatable bonds is 2. The van der Waals surface area contributed by atoms with Crippen molar-refractivity contribution in [1.29, 1.82) is 0 Å². The molecule has 0 aromatic heterocycles. The average molecular weight is 351 g/mol. The van der Waals surface area contributed by atoms with E-state index in [1.54, 1.807) is 0 Å². The smallest absolute Gasteiger partial charge is 0.255 e. The summed E-state index contributed by atoms with van der Waals surface area (Å²) in [6.07, 6.45) is 2.07. The van der Waals surface area contributed by atoms with Crippen LogP contribution >= 0.6 is 15.9 Å². The number of halogens is 1. The van der Waals surface area contributed by atoms with Gasteiger partial charge in [0.15, 0.2) is 0 Å². The third-order valence-corrected chi connectivity index (χ3v) is 4.82. The molecule has 2 fully saturated rings. The molecule has 5 heteroatoms. The van der Waals surface area contributed by atoms with Crippen molar-refractivity contribution in [2.75, 3.05) is 26.2 Å². The first-order valence-corrected chi connectivity index (χ1v) is 8.20. The van der Waals surface area contributed by atoms with Crippen LogP contribution < -0.4 is 0 Å². The quantitative estimate of drug-likeness (QED) is 0.821. The number of nitrogens with zero attached hydrogens (tertiary/aromatic N) is 2. The normalized spacial score (nSPS) is 18.8. The SMILES string of the molecule is Cc1ccc(C(=O)N2CCN(C(=O)C3CC3)CC2)c(Br)c1. The maximum atomic E-state index is 12.5. The van der Waals surface area contributed by atoms with Gasteiger partial charge >= 0.3 is 0 Å². The van der Waals surface area contributed by atoms with Crippen molar-refractivity contribution >= 4 is 27.7 Å². The third-order valence-electron chi connectivity index (χ3n) is 4.16. The predicted octanol–water partition coefficient (Wildman–Crippen LogP) is 2.45. The Kier molecular flexibility index (Phi) is 4.02. The largest absolute Gasteiger partial charge is 0.339 e. The first-order valence-electron chi connectivity index (χ1n) is 7.40. The highest BCUT2D eigenvalue weighted by Gasteiger charge is 2.35. The second kappa shape index (κ2) is 5.79. The zero-order chi connectivity index (χ0) is 15.0. The second-order valence-electron chi connectivity index (χ2n) is 5.88. The number of hydrogen-bond acceptors (Lipinski definition) is 2. The molecular weight excluding hydrogens is 332 g/mol. The van der Waals surface area contributed by atoms with Gasteiger partial charge in [-0.2, -0.15) is 0 Å². The van der Waals surface area contributed by atoms with Crippen molar-refractivity contribution in [3.8, 4) is 0 Å². The van der Waals surface area contributed by atoms with Crippen molar-refractivity contribution in [3.63, 3.8) is 0 Å². The van der Waals surface area contributed by atoms with Gasteiger partial charge in [-0.3, -0.25) is 9.59 Å². The molecule has 0 bridgehead atoms. The van der Waals surface area contributed by atoms with Crippen molar-refractivity contribution in [2.45, 2.75) is 19.8 Å². The van der Waals surface area contributed by atoms with Crippen molar-refractivity contribution in [3.05, 3.63) is 33.8 Å². The standard InChI is InChI=1S/C16H19BrN2O2/c1-11-2-5-13(14(17)10-11)16(21)19-8-6-18(7-9-19)15(20)12-3-4-12/h2,5,10,12H,3-4,6-9H2,1H3. The fourth-order valence-corrected chi connectivity index (χ4v) is 3.35. The Bertz CT molecular complexity index is 576. The molecule has 3 rings (SSSR count). The van der Waals surface area contributed by atoms with Gasteiger partial charge in [0.25, 0.3) is 5.91 Å². The van der Waals surface area contributed by atoms with E-state index in [9.17, 15) is 9.59 Å². The number of hydrogen-bond donors (Lipinski definition) is 0. The van der Waals surface area contributed by atoms with Gasteiger partial charge < -0.3 is 9.80 Å². The van der Waals surface area contributed by atoms with Crippen LogP contribution in [-0.4, -0.2) is 47.8 Å². The van der Waals surface area contributed by atoms with E-state index in [1.807, 2.05) is 34.9 Å². The molecule has 2 amide bonds. The van der Waals surface area contributed by atoms with Crippen LogP contribution in [0.1, 0.15) is 28.8 Å². The molecule has 1 aliphatic heterocycles. The van der Waals surface area contributed by atoms with Gasteiger partial charge in [-0.1, -0.05) is 6.07 Å². The van der Waals surface area contributed by atoms with E-state index in [2.05, 4.69) is 15.9 Å². The van der Waals surface area contributed by atoms with Crippen molar-refractivity contribution < 1.29 is 9.59 Å². The van der Waals surface area contributed by atoms with Crippen LogP contribution in [0.25, 0.3) is 0 Å². The summed E-state index contributed by atoms with van der Waals surface area (Å²) in [6.45, 7) is 4.56. The monoisotopic (exact) mass is 350 g/mol. The molecule has 1 aromatic rings. The van der Waals surface area contributed by atoms with Crippen LogP contribution in [-0.2, 0) is 4.79 Å². The Morgan fingerprint density at radius 1 is 1.10 bits per heavy atom. The predicted molar refractivity (Wildman–Crippen MR) is 84.1 cm³/mol. The summed E-state index contributed by atoms with van der Waals surface area (Å²) in [4.78, 5) is 28.3. The van der Waals surface area contributed by atoms with Crippen LogP contribution in [0.4, 0.5) is 0 Å². The van der Waals surface area contributed by atoms with Crippen LogP contribution in [0.3, 0.4) is 0 Å². The van der Waals surface area contributed by atoms with Gasteiger partial charge in [0.1, 0.15) is 0 Å². The lowest BCUT2D eigenvalue weighted by atomic mass is 10.1. The minimum atomic E-state index is 0.0420. The molecule has 1 aromatic carbocycles. The summed E-state index contributed by atoms with van der Waals surface area (Å²) in [5.41, 5.74) is 1.82. The molecular formula is C16H19BrN2O2. The van der Waals surface area contributed by atoms with Crippen LogP contribution in [0.15, 0.2) is 22.7 Å². The van der Waals surface area contributed by atoms with Crippen molar-refractivity contribution in [1.82, 2.24) is 9.80 Å². The summed E-state index contributed by atoms with van der Waals surface area (Å²) < 4.78 is 0.837. The van der Waals surface area contributed by atoms with E-state index in [4.69, 9.17) is 0 Å². The maximum Gasteiger partial charge on any atom is 0.255 e. The van der Waals surface area contributed by atoms with E-state index in [1.165, 1.54) is 0 Å². The highest BCUT2D eigenvalue weighted by Crippen LogP contribution is 2.31. The molecule has 1 aliphatic carbocycles. The second-order valence-corrected chi connectivity index (χ2v) is 6.73. The van der Waals surface area contributed by atoms with Crippen LogP contribution in [0, 0.1) is 12.8 Å². The van der Waals surface area contributed by atoms with E-state index >= 15 is 0 Å². The van der Waals surface area contributed by atoms with Crippen LogP contribution in [0.5, 0.6) is 0 Å². The van der Waals surface area contributed by atoms with Gasteiger partial charge in [0.05, 0.1) is 5.56 Å². The molecule has 0 atom stereocenters. The molecule has 0 N–H and O–H groups in total. The summed E-state index contributed by atoms with van der Waals surface area (Å²) in [6, 6.07) is 5.77. The fourth-order valence-electron chi connectivity index (χ4n) is 2.68. The fraction of sp³-hybridized carbons (Fsp3) is 0.500. The zero-order valence-electron chi connectivity index (χ0n) is 12.1. The molecule has 2 aliphatic rings. The van der Waals surface area contributed by atoms with Gasteiger partial charge in [-0.05, 0) is 53.4 Å². The number of aryl methyl sites for hydroxylation is 1. The number of piperazine rings is 1. The molecule has 1 heterocycles. The Morgan fingerprint density at radius 2 is 1.71 bits per heavy atom. The van der Waals surface area contributed by atoms with E-state index < -0.39 is 0 Å². The first-order chi connectivity index (χ1) is 10.1. The molecule has 112 valence electrons. The molecule has 1 saturated carbocycles.